The zero-order valence-corrected chi connectivity index (χ0v) is 12.1. The molecule has 0 fully saturated rings. The topological polar surface area (TPSA) is 28.2 Å². The molecular weight excluding hydrogens is 266 g/mol. The first-order valence-electron chi connectivity index (χ1n) is 5.84. The number of hydrogen-bond donors (Lipinski definition) is 1. The van der Waals surface area contributed by atoms with E-state index in [1.54, 1.807) is 11.3 Å². The van der Waals surface area contributed by atoms with Crippen LogP contribution in [0.15, 0.2) is 30.5 Å². The van der Waals surface area contributed by atoms with E-state index < -0.39 is 0 Å². The van der Waals surface area contributed by atoms with Crippen LogP contribution in [0.5, 0.6) is 0 Å². The van der Waals surface area contributed by atoms with Crippen molar-refractivity contribution < 1.29 is 0 Å². The third kappa shape index (κ3) is 3.37. The molecule has 18 heavy (non-hydrogen) atoms. The van der Waals surface area contributed by atoms with E-state index in [2.05, 4.69) is 41.3 Å². The summed E-state index contributed by atoms with van der Waals surface area (Å²) in [5.41, 5.74) is 1.14. The maximum atomic E-state index is 5.94. The highest BCUT2D eigenvalue weighted by Crippen LogP contribution is 2.24. The molecule has 1 N–H and O–H groups in total. The molecular formula is C13H16ClN3S. The van der Waals surface area contributed by atoms with Gasteiger partial charge < -0.3 is 10.2 Å². The van der Waals surface area contributed by atoms with E-state index in [9.17, 15) is 0 Å². The van der Waals surface area contributed by atoms with Gasteiger partial charge in [-0.25, -0.2) is 4.98 Å². The maximum Gasteiger partial charge on any atom is 0.127 e. The zero-order chi connectivity index (χ0) is 13.0. The molecule has 0 saturated carbocycles. The first-order chi connectivity index (χ1) is 8.69. The largest absolute Gasteiger partial charge is 0.370 e. The third-order valence-electron chi connectivity index (χ3n) is 2.56. The van der Waals surface area contributed by atoms with Gasteiger partial charge in [0.05, 0.1) is 10.9 Å². The van der Waals surface area contributed by atoms with Crippen LogP contribution in [0.1, 0.15) is 11.8 Å². The van der Waals surface area contributed by atoms with Gasteiger partial charge in [-0.3, -0.25) is 0 Å². The molecule has 0 aliphatic heterocycles. The Bertz CT molecular complexity index is 512. The number of nitrogens with one attached hydrogen (secondary N) is 1. The number of thiophene rings is 1. The first kappa shape index (κ1) is 13.2. The normalized spacial score (nSPS) is 10.4. The Balaban J connectivity index is 2.08. The lowest BCUT2D eigenvalue weighted by Crippen LogP contribution is -2.16. The van der Waals surface area contributed by atoms with Crippen molar-refractivity contribution in [3.8, 4) is 0 Å². The minimum atomic E-state index is 0.835. The molecule has 0 aromatic carbocycles. The van der Waals surface area contributed by atoms with Crippen molar-refractivity contribution in [1.82, 2.24) is 4.98 Å². The molecule has 0 saturated heterocycles. The molecule has 96 valence electrons. The second-order valence-electron chi connectivity index (χ2n) is 3.99. The summed E-state index contributed by atoms with van der Waals surface area (Å²) in [6, 6.07) is 8.07. The molecule has 0 atom stereocenters. The van der Waals surface area contributed by atoms with Gasteiger partial charge in [0, 0.05) is 36.4 Å². The molecule has 2 aromatic heterocycles. The predicted molar refractivity (Wildman–Crippen MR) is 79.8 cm³/mol. The fourth-order valence-corrected chi connectivity index (χ4v) is 2.84. The van der Waals surface area contributed by atoms with Crippen molar-refractivity contribution in [3.05, 3.63) is 39.7 Å². The highest BCUT2D eigenvalue weighted by molar-refractivity contribution is 7.16. The minimum Gasteiger partial charge on any atom is -0.370 e. The summed E-state index contributed by atoms with van der Waals surface area (Å²) >= 11 is 7.55. The molecule has 0 bridgehead atoms. The van der Waals surface area contributed by atoms with Gasteiger partial charge in [0.25, 0.3) is 0 Å². The summed E-state index contributed by atoms with van der Waals surface area (Å²) in [5, 5.41) is 3.21. The summed E-state index contributed by atoms with van der Waals surface area (Å²) in [4.78, 5) is 7.71. The van der Waals surface area contributed by atoms with Crippen molar-refractivity contribution in [2.45, 2.75) is 13.5 Å². The molecule has 5 heteroatoms. The smallest absolute Gasteiger partial charge is 0.127 e. The van der Waals surface area contributed by atoms with E-state index in [4.69, 9.17) is 11.6 Å². The van der Waals surface area contributed by atoms with E-state index in [1.807, 2.05) is 18.3 Å². The summed E-state index contributed by atoms with van der Waals surface area (Å²) in [5.74, 6) is 0.908. The summed E-state index contributed by atoms with van der Waals surface area (Å²) in [6.07, 6.45) is 1.82. The lowest BCUT2D eigenvalue weighted by molar-refractivity contribution is 0.937. The Hall–Kier alpha value is -1.26. The van der Waals surface area contributed by atoms with Gasteiger partial charge in [-0.2, -0.15) is 0 Å². The van der Waals surface area contributed by atoms with Crippen molar-refractivity contribution >= 4 is 34.4 Å². The predicted octanol–water partition coefficient (Wildman–Crippen LogP) is 3.86. The molecule has 0 aliphatic carbocycles. The Labute approximate surface area is 116 Å². The van der Waals surface area contributed by atoms with Crippen molar-refractivity contribution in [3.63, 3.8) is 0 Å². The monoisotopic (exact) mass is 281 g/mol. The highest BCUT2D eigenvalue weighted by Gasteiger charge is 2.05. The third-order valence-corrected chi connectivity index (χ3v) is 3.78. The fourth-order valence-electron chi connectivity index (χ4n) is 1.70. The van der Waals surface area contributed by atoms with Gasteiger partial charge in [0.15, 0.2) is 0 Å². The van der Waals surface area contributed by atoms with Crippen molar-refractivity contribution in [1.29, 1.82) is 0 Å². The van der Waals surface area contributed by atoms with Crippen LogP contribution in [0, 0.1) is 0 Å². The number of pyridine rings is 1. The molecule has 3 nitrogen and oxygen atoms in total. The average Bonchev–Trinajstić information content (AvgIpc) is 2.75. The van der Waals surface area contributed by atoms with Gasteiger partial charge >= 0.3 is 0 Å². The van der Waals surface area contributed by atoms with E-state index in [0.717, 1.165) is 28.9 Å². The number of anilines is 2. The van der Waals surface area contributed by atoms with Crippen molar-refractivity contribution in [2.75, 3.05) is 23.8 Å². The molecule has 0 aliphatic rings. The van der Waals surface area contributed by atoms with Gasteiger partial charge in [-0.05, 0) is 25.1 Å². The van der Waals surface area contributed by atoms with Crippen LogP contribution in [0.25, 0.3) is 0 Å². The zero-order valence-electron chi connectivity index (χ0n) is 10.5. The molecule has 2 heterocycles. The number of hydrogen-bond acceptors (Lipinski definition) is 4. The number of aromatic nitrogens is 1. The van der Waals surface area contributed by atoms with Crippen LogP contribution in [0.4, 0.5) is 11.5 Å². The SMILES string of the molecule is CCNc1cc(N(C)Cc2ccc(Cl)s2)ccn1. The van der Waals surface area contributed by atoms with Crippen LogP contribution >= 0.6 is 22.9 Å². The molecule has 0 amide bonds. The maximum absolute atomic E-state index is 5.94. The van der Waals surface area contributed by atoms with E-state index in [-0.39, 0.29) is 0 Å². The molecule has 0 unspecified atom stereocenters. The van der Waals surface area contributed by atoms with Crippen LogP contribution in [0.3, 0.4) is 0 Å². The summed E-state index contributed by atoms with van der Waals surface area (Å²) < 4.78 is 0.835. The Morgan fingerprint density at radius 3 is 2.89 bits per heavy atom. The highest BCUT2D eigenvalue weighted by atomic mass is 35.5. The Morgan fingerprint density at radius 1 is 1.39 bits per heavy atom. The standard InChI is InChI=1S/C13H16ClN3S/c1-3-15-13-8-10(6-7-16-13)17(2)9-11-4-5-12(14)18-11/h4-8H,3,9H2,1-2H3,(H,15,16). The lowest BCUT2D eigenvalue weighted by Gasteiger charge is -2.19. The lowest BCUT2D eigenvalue weighted by atomic mass is 10.3. The van der Waals surface area contributed by atoms with Crippen molar-refractivity contribution in [2.24, 2.45) is 0 Å². The number of halogens is 1. The second-order valence-corrected chi connectivity index (χ2v) is 5.79. The van der Waals surface area contributed by atoms with Crippen LogP contribution in [0.2, 0.25) is 4.34 Å². The minimum absolute atomic E-state index is 0.835. The van der Waals surface area contributed by atoms with Gasteiger partial charge in [0.1, 0.15) is 5.82 Å². The molecule has 2 aromatic rings. The van der Waals surface area contributed by atoms with E-state index >= 15 is 0 Å². The summed E-state index contributed by atoms with van der Waals surface area (Å²) in [6.45, 7) is 3.79. The van der Waals surface area contributed by atoms with E-state index in [1.165, 1.54) is 4.88 Å². The average molecular weight is 282 g/mol. The van der Waals surface area contributed by atoms with Crippen LogP contribution in [-0.4, -0.2) is 18.6 Å². The Kier molecular flexibility index (Phi) is 4.44. The van der Waals surface area contributed by atoms with Gasteiger partial charge in [-0.1, -0.05) is 11.6 Å². The molecule has 2 rings (SSSR count). The molecule has 0 radical (unpaired) electrons. The first-order valence-corrected chi connectivity index (χ1v) is 7.03. The number of nitrogens with zero attached hydrogens (tertiary/aromatic N) is 2. The quantitative estimate of drug-likeness (QED) is 0.902. The van der Waals surface area contributed by atoms with Gasteiger partial charge in [0.2, 0.25) is 0 Å². The van der Waals surface area contributed by atoms with Crippen LogP contribution < -0.4 is 10.2 Å². The molecule has 0 spiro atoms. The fraction of sp³-hybridized carbons (Fsp3) is 0.308. The Morgan fingerprint density at radius 2 is 2.22 bits per heavy atom. The van der Waals surface area contributed by atoms with Gasteiger partial charge in [-0.15, -0.1) is 11.3 Å². The van der Waals surface area contributed by atoms with Crippen LogP contribution in [-0.2, 0) is 6.54 Å². The summed E-state index contributed by atoms with van der Waals surface area (Å²) in [7, 11) is 2.07. The second kappa shape index (κ2) is 6.07. The number of rotatable bonds is 5. The van der Waals surface area contributed by atoms with E-state index in [0.29, 0.717) is 0 Å².